The lowest BCUT2D eigenvalue weighted by atomic mass is 10.1. The Hall–Kier alpha value is -2.57. The van der Waals surface area contributed by atoms with E-state index in [0.717, 1.165) is 12.1 Å². The van der Waals surface area contributed by atoms with Gasteiger partial charge in [0, 0.05) is 11.6 Å². The van der Waals surface area contributed by atoms with Crippen LogP contribution in [0.5, 0.6) is 0 Å². The van der Waals surface area contributed by atoms with Crippen molar-refractivity contribution in [2.45, 2.75) is 6.18 Å². The van der Waals surface area contributed by atoms with Crippen LogP contribution in [-0.4, -0.2) is 14.6 Å². The van der Waals surface area contributed by atoms with Crippen LogP contribution in [0.3, 0.4) is 0 Å². The van der Waals surface area contributed by atoms with Crippen molar-refractivity contribution in [2.24, 2.45) is 0 Å². The number of alkyl halides is 3. The van der Waals surface area contributed by atoms with E-state index in [2.05, 4.69) is 10.1 Å². The van der Waals surface area contributed by atoms with Crippen molar-refractivity contribution >= 4 is 11.3 Å². The third-order valence-electron chi connectivity index (χ3n) is 2.91. The second kappa shape index (κ2) is 4.22. The maximum absolute atomic E-state index is 12.8. The van der Waals surface area contributed by atoms with Crippen LogP contribution in [0.15, 0.2) is 42.7 Å². The van der Waals surface area contributed by atoms with Crippen molar-refractivity contribution in [3.63, 3.8) is 0 Å². The summed E-state index contributed by atoms with van der Waals surface area (Å²) in [5, 5.41) is 4.04. The van der Waals surface area contributed by atoms with Gasteiger partial charge < -0.3 is 5.73 Å². The lowest BCUT2D eigenvalue weighted by molar-refractivity contribution is -0.137. The first-order valence-corrected chi connectivity index (χ1v) is 5.72. The third kappa shape index (κ3) is 1.97. The zero-order valence-electron chi connectivity index (χ0n) is 10.1. The van der Waals surface area contributed by atoms with Gasteiger partial charge in [-0.1, -0.05) is 12.1 Å². The van der Waals surface area contributed by atoms with Gasteiger partial charge in [-0.2, -0.15) is 18.3 Å². The fraction of sp³-hybridized carbons (Fsp3) is 0.0769. The minimum Gasteiger partial charge on any atom is -0.396 e. The molecular weight excluding hydrogens is 269 g/mol. The Labute approximate surface area is 111 Å². The van der Waals surface area contributed by atoms with Gasteiger partial charge >= 0.3 is 6.18 Å². The quantitative estimate of drug-likeness (QED) is 0.744. The number of halogens is 3. The predicted molar refractivity (Wildman–Crippen MR) is 67.8 cm³/mol. The number of nitrogens with zero attached hydrogens (tertiary/aromatic N) is 3. The second-order valence-corrected chi connectivity index (χ2v) is 4.24. The maximum Gasteiger partial charge on any atom is 0.416 e. The van der Waals surface area contributed by atoms with Crippen molar-refractivity contribution in [2.75, 3.05) is 5.73 Å². The van der Waals surface area contributed by atoms with Gasteiger partial charge in [0.1, 0.15) is 0 Å². The summed E-state index contributed by atoms with van der Waals surface area (Å²) in [5.74, 6) is 0. The lowest BCUT2D eigenvalue weighted by Crippen LogP contribution is -2.06. The molecule has 0 aliphatic rings. The van der Waals surface area contributed by atoms with E-state index in [0.29, 0.717) is 16.9 Å². The molecule has 2 aromatic heterocycles. The van der Waals surface area contributed by atoms with Crippen LogP contribution in [0.1, 0.15) is 5.56 Å². The highest BCUT2D eigenvalue weighted by molar-refractivity contribution is 5.74. The molecule has 3 aromatic rings. The highest BCUT2D eigenvalue weighted by atomic mass is 19.4. The number of fused-ring (bicyclic) bond motifs is 1. The summed E-state index contributed by atoms with van der Waals surface area (Å²) in [7, 11) is 0. The molecule has 0 aliphatic heterocycles. The zero-order valence-corrected chi connectivity index (χ0v) is 10.1. The number of nitrogen functional groups attached to an aromatic ring is 1. The Morgan fingerprint density at radius 2 is 1.95 bits per heavy atom. The van der Waals surface area contributed by atoms with Crippen molar-refractivity contribution in [3.05, 3.63) is 48.3 Å². The van der Waals surface area contributed by atoms with Gasteiger partial charge in [0.15, 0.2) is 5.65 Å². The number of hydrogen-bond donors (Lipinski definition) is 1. The maximum atomic E-state index is 12.8. The average molecular weight is 278 g/mol. The number of nitrogens with two attached hydrogens (primary N) is 1. The Morgan fingerprint density at radius 1 is 1.15 bits per heavy atom. The Bertz CT molecular complexity index is 777. The van der Waals surface area contributed by atoms with Crippen LogP contribution in [0.25, 0.3) is 16.9 Å². The molecule has 2 heterocycles. The first kappa shape index (κ1) is 12.5. The molecule has 1 aromatic carbocycles. The predicted octanol–water partition coefficient (Wildman–Crippen LogP) is 3.00. The Kier molecular flexibility index (Phi) is 2.63. The van der Waals surface area contributed by atoms with Gasteiger partial charge in [-0.25, -0.2) is 9.50 Å². The van der Waals surface area contributed by atoms with Crippen LogP contribution in [0, 0.1) is 0 Å². The van der Waals surface area contributed by atoms with Gasteiger partial charge in [0.2, 0.25) is 0 Å². The van der Waals surface area contributed by atoms with Crippen molar-refractivity contribution in [1.29, 1.82) is 0 Å². The topological polar surface area (TPSA) is 56.2 Å². The van der Waals surface area contributed by atoms with Crippen LogP contribution >= 0.6 is 0 Å². The fourth-order valence-corrected chi connectivity index (χ4v) is 2.02. The van der Waals surface area contributed by atoms with E-state index in [9.17, 15) is 13.2 Å². The Balaban J connectivity index is 2.26. The van der Waals surface area contributed by atoms with Gasteiger partial charge in [0.25, 0.3) is 0 Å². The number of rotatable bonds is 1. The van der Waals surface area contributed by atoms with Crippen LogP contribution < -0.4 is 5.73 Å². The van der Waals surface area contributed by atoms with Gasteiger partial charge in [-0.15, -0.1) is 0 Å². The van der Waals surface area contributed by atoms with Crippen molar-refractivity contribution in [3.8, 4) is 11.3 Å². The van der Waals surface area contributed by atoms with E-state index in [4.69, 9.17) is 5.73 Å². The standard InChI is InChI=1S/C13H9F3N4/c14-13(15,16)9-3-1-2-8(6-9)12-10(17)7-18-11-4-5-19-20(11)12/h1-7H,17H2. The summed E-state index contributed by atoms with van der Waals surface area (Å²) >= 11 is 0. The van der Waals surface area contributed by atoms with Crippen LogP contribution in [-0.2, 0) is 6.18 Å². The smallest absolute Gasteiger partial charge is 0.396 e. The van der Waals surface area contributed by atoms with Gasteiger partial charge in [0.05, 0.1) is 29.3 Å². The summed E-state index contributed by atoms with van der Waals surface area (Å²) < 4.78 is 39.7. The molecule has 7 heteroatoms. The minimum atomic E-state index is -4.40. The monoisotopic (exact) mass is 278 g/mol. The molecule has 0 amide bonds. The molecule has 2 N–H and O–H groups in total. The molecule has 102 valence electrons. The minimum absolute atomic E-state index is 0.264. The molecule has 0 atom stereocenters. The first-order valence-electron chi connectivity index (χ1n) is 5.72. The van der Waals surface area contributed by atoms with E-state index in [1.807, 2.05) is 0 Å². The average Bonchev–Trinajstić information content (AvgIpc) is 2.86. The SMILES string of the molecule is Nc1cnc2ccnn2c1-c1cccc(C(F)(F)F)c1. The highest BCUT2D eigenvalue weighted by Gasteiger charge is 2.30. The first-order chi connectivity index (χ1) is 9.47. The summed E-state index contributed by atoms with van der Waals surface area (Å²) in [6, 6.07) is 6.61. The normalized spacial score (nSPS) is 11.9. The molecule has 0 saturated heterocycles. The van der Waals surface area contributed by atoms with Crippen molar-refractivity contribution < 1.29 is 13.2 Å². The van der Waals surface area contributed by atoms with E-state index in [1.165, 1.54) is 23.0 Å². The molecule has 0 spiro atoms. The highest BCUT2D eigenvalue weighted by Crippen LogP contribution is 2.33. The molecule has 0 radical (unpaired) electrons. The largest absolute Gasteiger partial charge is 0.416 e. The lowest BCUT2D eigenvalue weighted by Gasteiger charge is -2.11. The van der Waals surface area contributed by atoms with Crippen LogP contribution in [0.2, 0.25) is 0 Å². The number of anilines is 1. The molecule has 0 aliphatic carbocycles. The molecule has 0 unspecified atom stereocenters. The molecule has 4 nitrogen and oxygen atoms in total. The molecule has 0 bridgehead atoms. The Morgan fingerprint density at radius 3 is 2.70 bits per heavy atom. The van der Waals surface area contributed by atoms with Crippen LogP contribution in [0.4, 0.5) is 18.9 Å². The summed E-state index contributed by atoms with van der Waals surface area (Å²) in [6.07, 6.45) is -1.48. The van der Waals surface area contributed by atoms with Gasteiger partial charge in [-0.3, -0.25) is 0 Å². The third-order valence-corrected chi connectivity index (χ3v) is 2.91. The molecular formula is C13H9F3N4. The summed E-state index contributed by atoms with van der Waals surface area (Å²) in [5.41, 5.74) is 6.62. The van der Waals surface area contributed by atoms with E-state index in [1.54, 1.807) is 12.1 Å². The van der Waals surface area contributed by atoms with E-state index in [-0.39, 0.29) is 5.69 Å². The molecule has 3 rings (SSSR count). The van der Waals surface area contributed by atoms with Crippen molar-refractivity contribution in [1.82, 2.24) is 14.6 Å². The fourth-order valence-electron chi connectivity index (χ4n) is 2.02. The summed E-state index contributed by atoms with van der Waals surface area (Å²) in [6.45, 7) is 0. The number of hydrogen-bond acceptors (Lipinski definition) is 3. The van der Waals surface area contributed by atoms with E-state index >= 15 is 0 Å². The summed E-state index contributed by atoms with van der Waals surface area (Å²) in [4.78, 5) is 4.05. The molecule has 20 heavy (non-hydrogen) atoms. The van der Waals surface area contributed by atoms with Gasteiger partial charge in [-0.05, 0) is 12.1 Å². The second-order valence-electron chi connectivity index (χ2n) is 4.24. The molecule has 0 saturated carbocycles. The zero-order chi connectivity index (χ0) is 14.3. The number of benzene rings is 1. The number of aromatic nitrogens is 3. The van der Waals surface area contributed by atoms with E-state index < -0.39 is 11.7 Å². The molecule has 0 fully saturated rings.